The van der Waals surface area contributed by atoms with E-state index in [-0.39, 0.29) is 24.7 Å². The molecule has 0 aliphatic rings. The zero-order valence-electron chi connectivity index (χ0n) is 9.30. The van der Waals surface area contributed by atoms with E-state index in [0.717, 1.165) is 11.3 Å². The topological polar surface area (TPSA) is 75.6 Å². The first-order chi connectivity index (χ1) is 8.47. The highest BCUT2D eigenvalue weighted by atomic mass is 32.2. The largest absolute Gasteiger partial charge is 0.391 e. The fourth-order valence-corrected chi connectivity index (χ4v) is 3.49. The first-order valence-corrected chi connectivity index (χ1v) is 7.36. The summed E-state index contributed by atoms with van der Waals surface area (Å²) < 4.78 is 53.7. The van der Waals surface area contributed by atoms with Crippen molar-refractivity contribution in [3.63, 3.8) is 0 Å². The molecule has 0 spiro atoms. The van der Waals surface area contributed by atoms with Gasteiger partial charge in [0.2, 0.25) is 10.0 Å². The SMILES string of the molecule is O=S(=O)(NCCOCC(F)F)c1ccsc1CO. The molecule has 1 aromatic heterocycles. The van der Waals surface area contributed by atoms with Crippen molar-refractivity contribution >= 4 is 21.4 Å². The van der Waals surface area contributed by atoms with Gasteiger partial charge in [-0.1, -0.05) is 0 Å². The summed E-state index contributed by atoms with van der Waals surface area (Å²) in [6.07, 6.45) is -2.57. The van der Waals surface area contributed by atoms with E-state index in [1.807, 2.05) is 0 Å². The van der Waals surface area contributed by atoms with Gasteiger partial charge in [0.15, 0.2) is 0 Å². The van der Waals surface area contributed by atoms with E-state index in [0.29, 0.717) is 4.88 Å². The lowest BCUT2D eigenvalue weighted by molar-refractivity contribution is 0.0199. The summed E-state index contributed by atoms with van der Waals surface area (Å²) in [5.41, 5.74) is 0. The van der Waals surface area contributed by atoms with Gasteiger partial charge in [-0.15, -0.1) is 11.3 Å². The van der Waals surface area contributed by atoms with Crippen molar-refractivity contribution in [1.82, 2.24) is 4.72 Å². The first kappa shape index (κ1) is 15.4. The lowest BCUT2D eigenvalue weighted by Gasteiger charge is -2.07. The monoisotopic (exact) mass is 301 g/mol. The molecule has 9 heteroatoms. The van der Waals surface area contributed by atoms with E-state index >= 15 is 0 Å². The van der Waals surface area contributed by atoms with Crippen LogP contribution >= 0.6 is 11.3 Å². The Morgan fingerprint density at radius 3 is 2.83 bits per heavy atom. The molecular weight excluding hydrogens is 288 g/mol. The number of aliphatic hydroxyl groups excluding tert-OH is 1. The normalized spacial score (nSPS) is 12.2. The third-order valence-corrected chi connectivity index (χ3v) is 4.50. The summed E-state index contributed by atoms with van der Waals surface area (Å²) in [5.74, 6) is 0. The van der Waals surface area contributed by atoms with Gasteiger partial charge < -0.3 is 9.84 Å². The third-order valence-electron chi connectivity index (χ3n) is 1.92. The van der Waals surface area contributed by atoms with Crippen LogP contribution in [0.4, 0.5) is 8.78 Å². The highest BCUT2D eigenvalue weighted by Crippen LogP contribution is 2.21. The summed E-state index contributed by atoms with van der Waals surface area (Å²) in [5, 5.41) is 10.5. The molecule has 0 saturated heterocycles. The number of aliphatic hydroxyl groups is 1. The molecule has 0 unspecified atom stereocenters. The van der Waals surface area contributed by atoms with Gasteiger partial charge in [0.1, 0.15) is 6.61 Å². The van der Waals surface area contributed by atoms with Crippen molar-refractivity contribution in [2.75, 3.05) is 19.8 Å². The molecule has 0 amide bonds. The number of sulfonamides is 1. The fraction of sp³-hybridized carbons (Fsp3) is 0.556. The van der Waals surface area contributed by atoms with Gasteiger partial charge >= 0.3 is 0 Å². The Hall–Kier alpha value is -0.610. The smallest absolute Gasteiger partial charge is 0.261 e. The van der Waals surface area contributed by atoms with E-state index in [4.69, 9.17) is 5.11 Å². The molecule has 2 N–H and O–H groups in total. The Balaban J connectivity index is 2.46. The molecule has 1 aromatic rings. The highest BCUT2D eigenvalue weighted by molar-refractivity contribution is 7.89. The van der Waals surface area contributed by atoms with Crippen LogP contribution in [0.1, 0.15) is 4.88 Å². The number of halogens is 2. The predicted octanol–water partition coefficient (Wildman–Crippen LogP) is 0.800. The van der Waals surface area contributed by atoms with E-state index in [1.165, 1.54) is 6.07 Å². The summed E-state index contributed by atoms with van der Waals surface area (Å²) in [4.78, 5) is 0.333. The second-order valence-electron chi connectivity index (χ2n) is 3.23. The van der Waals surface area contributed by atoms with Crippen molar-refractivity contribution < 1.29 is 27.0 Å². The number of alkyl halides is 2. The molecule has 0 saturated carbocycles. The predicted molar refractivity (Wildman–Crippen MR) is 62.3 cm³/mol. The quantitative estimate of drug-likeness (QED) is 0.697. The van der Waals surface area contributed by atoms with E-state index < -0.39 is 23.1 Å². The van der Waals surface area contributed by atoms with Crippen LogP contribution < -0.4 is 4.72 Å². The molecule has 0 radical (unpaired) electrons. The molecule has 1 rings (SSSR count). The lowest BCUT2D eigenvalue weighted by Crippen LogP contribution is -2.28. The molecule has 5 nitrogen and oxygen atoms in total. The Morgan fingerprint density at radius 2 is 2.22 bits per heavy atom. The summed E-state index contributed by atoms with van der Waals surface area (Å²) in [6.45, 7) is -1.32. The average Bonchev–Trinajstić information content (AvgIpc) is 2.76. The minimum Gasteiger partial charge on any atom is -0.391 e. The average molecular weight is 301 g/mol. The van der Waals surface area contributed by atoms with Gasteiger partial charge in [-0.05, 0) is 11.4 Å². The maximum atomic E-state index is 11.8. The van der Waals surface area contributed by atoms with Crippen LogP contribution in [0.25, 0.3) is 0 Å². The Morgan fingerprint density at radius 1 is 1.50 bits per heavy atom. The minimum absolute atomic E-state index is 0.00357. The molecule has 18 heavy (non-hydrogen) atoms. The Labute approximate surface area is 107 Å². The molecule has 1 heterocycles. The summed E-state index contributed by atoms with van der Waals surface area (Å²) in [7, 11) is -3.73. The Bertz CT molecular complexity index is 461. The highest BCUT2D eigenvalue weighted by Gasteiger charge is 2.18. The third kappa shape index (κ3) is 4.58. The zero-order chi connectivity index (χ0) is 13.6. The van der Waals surface area contributed by atoms with Crippen LogP contribution in [-0.2, 0) is 21.4 Å². The van der Waals surface area contributed by atoms with Gasteiger partial charge in [0.25, 0.3) is 6.43 Å². The molecule has 104 valence electrons. The fourth-order valence-electron chi connectivity index (χ4n) is 1.18. The van der Waals surface area contributed by atoms with Crippen LogP contribution in [0, 0.1) is 0 Å². The van der Waals surface area contributed by atoms with Crippen molar-refractivity contribution in [1.29, 1.82) is 0 Å². The van der Waals surface area contributed by atoms with E-state index in [9.17, 15) is 17.2 Å². The summed E-state index contributed by atoms with van der Waals surface area (Å²) >= 11 is 1.12. The van der Waals surface area contributed by atoms with Crippen LogP contribution in [-0.4, -0.2) is 39.7 Å². The van der Waals surface area contributed by atoms with Crippen LogP contribution in [0.2, 0.25) is 0 Å². The van der Waals surface area contributed by atoms with Crippen molar-refractivity contribution in [3.05, 3.63) is 16.3 Å². The molecular formula is C9H13F2NO4S2. The number of hydrogen-bond donors (Lipinski definition) is 2. The maximum Gasteiger partial charge on any atom is 0.261 e. The number of hydrogen-bond acceptors (Lipinski definition) is 5. The first-order valence-electron chi connectivity index (χ1n) is 5.00. The van der Waals surface area contributed by atoms with Gasteiger partial charge in [-0.25, -0.2) is 21.9 Å². The molecule has 0 atom stereocenters. The van der Waals surface area contributed by atoms with Crippen molar-refractivity contribution in [3.8, 4) is 0 Å². The van der Waals surface area contributed by atoms with Crippen molar-refractivity contribution in [2.45, 2.75) is 17.9 Å². The van der Waals surface area contributed by atoms with Crippen molar-refractivity contribution in [2.24, 2.45) is 0 Å². The molecule has 0 bridgehead atoms. The number of nitrogens with one attached hydrogen (secondary N) is 1. The van der Waals surface area contributed by atoms with Gasteiger partial charge in [-0.3, -0.25) is 0 Å². The molecule has 0 aliphatic carbocycles. The van der Waals surface area contributed by atoms with E-state index in [1.54, 1.807) is 5.38 Å². The van der Waals surface area contributed by atoms with Crippen LogP contribution in [0.5, 0.6) is 0 Å². The van der Waals surface area contributed by atoms with Crippen LogP contribution in [0.15, 0.2) is 16.3 Å². The number of rotatable bonds is 8. The minimum atomic E-state index is -3.73. The van der Waals surface area contributed by atoms with Gasteiger partial charge in [-0.2, -0.15) is 0 Å². The second kappa shape index (κ2) is 7.10. The summed E-state index contributed by atoms with van der Waals surface area (Å²) in [6, 6.07) is 1.37. The Kier molecular flexibility index (Phi) is 6.09. The van der Waals surface area contributed by atoms with Crippen LogP contribution in [0.3, 0.4) is 0 Å². The standard InChI is InChI=1S/C9H13F2NO4S2/c10-9(11)6-16-3-2-12-18(14,15)8-1-4-17-7(8)5-13/h1,4,9,12-13H,2-3,5-6H2. The van der Waals surface area contributed by atoms with Gasteiger partial charge in [0, 0.05) is 11.4 Å². The maximum absolute atomic E-state index is 11.8. The molecule has 0 aromatic carbocycles. The van der Waals surface area contributed by atoms with Gasteiger partial charge in [0.05, 0.1) is 18.1 Å². The number of thiophene rings is 1. The number of ether oxygens (including phenoxy) is 1. The lowest BCUT2D eigenvalue weighted by atomic mass is 10.5. The second-order valence-corrected chi connectivity index (χ2v) is 5.97. The van der Waals surface area contributed by atoms with E-state index in [2.05, 4.69) is 9.46 Å². The molecule has 0 aliphatic heterocycles. The zero-order valence-corrected chi connectivity index (χ0v) is 10.9. The molecule has 0 fully saturated rings.